The molecular formula is C29H37NO6. The van der Waals surface area contributed by atoms with E-state index < -0.39 is 11.9 Å². The van der Waals surface area contributed by atoms with E-state index in [2.05, 4.69) is 27.7 Å². The van der Waals surface area contributed by atoms with Crippen molar-refractivity contribution in [2.75, 3.05) is 20.3 Å². The summed E-state index contributed by atoms with van der Waals surface area (Å²) >= 11 is 0. The fourth-order valence-electron chi connectivity index (χ4n) is 6.00. The Balaban J connectivity index is 1.97. The predicted octanol–water partition coefficient (Wildman–Crippen LogP) is 5.25. The van der Waals surface area contributed by atoms with Gasteiger partial charge in [-0.15, -0.1) is 0 Å². The van der Waals surface area contributed by atoms with Gasteiger partial charge < -0.3 is 19.5 Å². The van der Waals surface area contributed by atoms with E-state index in [1.54, 1.807) is 7.11 Å². The molecule has 194 valence electrons. The molecule has 7 heteroatoms. The summed E-state index contributed by atoms with van der Waals surface area (Å²) in [6.45, 7) is 10.9. The molecule has 1 aliphatic heterocycles. The number of Topliss-reactive ketones (excluding diaryl/α,β-unsaturated/α-hetero) is 2. The third-order valence-electron chi connectivity index (χ3n) is 7.39. The number of carbonyl (C=O) groups is 3. The van der Waals surface area contributed by atoms with Crippen LogP contribution in [-0.4, -0.2) is 47.8 Å². The van der Waals surface area contributed by atoms with Gasteiger partial charge in [0.1, 0.15) is 0 Å². The number of ether oxygens (including phenoxy) is 2. The summed E-state index contributed by atoms with van der Waals surface area (Å²) in [6.07, 6.45) is 1.98. The summed E-state index contributed by atoms with van der Waals surface area (Å²) < 4.78 is 11.3. The number of carbonyl (C=O) groups excluding carboxylic acids is 2. The molecule has 3 aliphatic rings. The summed E-state index contributed by atoms with van der Waals surface area (Å²) in [5.74, 6) is -0.210. The van der Waals surface area contributed by atoms with E-state index in [0.29, 0.717) is 54.9 Å². The van der Waals surface area contributed by atoms with Crippen LogP contribution < -0.4 is 9.47 Å². The van der Waals surface area contributed by atoms with Crippen LogP contribution in [0.25, 0.3) is 0 Å². The molecule has 1 heterocycles. The van der Waals surface area contributed by atoms with Crippen molar-refractivity contribution in [3.8, 4) is 11.5 Å². The lowest BCUT2D eigenvalue weighted by Gasteiger charge is -2.49. The summed E-state index contributed by atoms with van der Waals surface area (Å²) in [5.41, 5.74) is 3.26. The monoisotopic (exact) mass is 495 g/mol. The lowest BCUT2D eigenvalue weighted by molar-refractivity contribution is -0.137. The van der Waals surface area contributed by atoms with E-state index in [4.69, 9.17) is 9.47 Å². The number of carboxylic acid groups (broad SMARTS) is 1. The smallest absolute Gasteiger partial charge is 0.305 e. The Bertz CT molecular complexity index is 1120. The molecule has 0 radical (unpaired) electrons. The first kappa shape index (κ1) is 26.0. The second-order valence-electron chi connectivity index (χ2n) is 11.7. The standard InChI is InChI=1S/C29H37NO6/c1-7-36-22-9-8-17(12-23(22)35-6)25-26-18(13-28(2,3)15-20(26)31)30(11-10-24(33)34)19-14-29(4,5)16-21(32)27(19)25/h8-9,12,25H,7,10-11,13-16H2,1-6H3,(H,33,34). The molecule has 2 aliphatic carbocycles. The summed E-state index contributed by atoms with van der Waals surface area (Å²) in [5, 5.41) is 9.48. The first-order chi connectivity index (χ1) is 16.9. The Labute approximate surface area is 213 Å². The highest BCUT2D eigenvalue weighted by Crippen LogP contribution is 2.54. The van der Waals surface area contributed by atoms with Gasteiger partial charge >= 0.3 is 5.97 Å². The van der Waals surface area contributed by atoms with E-state index in [9.17, 15) is 19.5 Å². The van der Waals surface area contributed by atoms with E-state index in [1.165, 1.54) is 0 Å². The van der Waals surface area contributed by atoms with Crippen molar-refractivity contribution >= 4 is 17.5 Å². The van der Waals surface area contributed by atoms with Crippen LogP contribution in [0.15, 0.2) is 40.7 Å². The van der Waals surface area contributed by atoms with Crippen LogP contribution in [0.3, 0.4) is 0 Å². The fourth-order valence-corrected chi connectivity index (χ4v) is 6.00. The van der Waals surface area contributed by atoms with Gasteiger partial charge in [0.15, 0.2) is 23.1 Å². The molecule has 0 amide bonds. The number of benzene rings is 1. The molecule has 1 aromatic rings. The Kier molecular flexibility index (Phi) is 6.80. The molecule has 4 rings (SSSR count). The molecule has 0 unspecified atom stereocenters. The minimum atomic E-state index is -0.902. The number of rotatable bonds is 7. The maximum Gasteiger partial charge on any atom is 0.305 e. The van der Waals surface area contributed by atoms with E-state index in [1.807, 2.05) is 30.0 Å². The van der Waals surface area contributed by atoms with Crippen molar-refractivity contribution in [2.24, 2.45) is 10.8 Å². The largest absolute Gasteiger partial charge is 0.493 e. The van der Waals surface area contributed by atoms with Crippen LogP contribution in [0.1, 0.15) is 78.2 Å². The Morgan fingerprint density at radius 2 is 1.53 bits per heavy atom. The topological polar surface area (TPSA) is 93.1 Å². The van der Waals surface area contributed by atoms with Crippen LogP contribution in [0.2, 0.25) is 0 Å². The van der Waals surface area contributed by atoms with Crippen molar-refractivity contribution in [1.29, 1.82) is 0 Å². The van der Waals surface area contributed by atoms with Crippen LogP contribution in [0, 0.1) is 10.8 Å². The molecule has 0 bridgehead atoms. The van der Waals surface area contributed by atoms with Crippen LogP contribution in [-0.2, 0) is 14.4 Å². The molecule has 1 aromatic carbocycles. The molecule has 0 saturated heterocycles. The molecule has 36 heavy (non-hydrogen) atoms. The summed E-state index contributed by atoms with van der Waals surface area (Å²) in [6, 6.07) is 5.63. The van der Waals surface area contributed by atoms with Gasteiger partial charge in [0.2, 0.25) is 0 Å². The maximum absolute atomic E-state index is 13.8. The highest BCUT2D eigenvalue weighted by atomic mass is 16.5. The Morgan fingerprint density at radius 3 is 2.00 bits per heavy atom. The highest BCUT2D eigenvalue weighted by molar-refractivity contribution is 6.06. The fraction of sp³-hybridized carbons (Fsp3) is 0.552. The second-order valence-corrected chi connectivity index (χ2v) is 11.7. The Hall–Kier alpha value is -3.09. The normalized spacial score (nSPS) is 21.3. The van der Waals surface area contributed by atoms with Crippen molar-refractivity contribution < 1.29 is 29.0 Å². The van der Waals surface area contributed by atoms with Gasteiger partial charge in [-0.3, -0.25) is 14.4 Å². The van der Waals surface area contributed by atoms with Gasteiger partial charge in [-0.25, -0.2) is 0 Å². The first-order valence-electron chi connectivity index (χ1n) is 12.7. The highest BCUT2D eigenvalue weighted by Gasteiger charge is 2.49. The first-order valence-corrected chi connectivity index (χ1v) is 12.7. The lowest BCUT2D eigenvalue weighted by Crippen LogP contribution is -2.45. The number of aliphatic carboxylic acids is 1. The van der Waals surface area contributed by atoms with Crippen LogP contribution in [0.5, 0.6) is 11.5 Å². The second kappa shape index (κ2) is 9.41. The minimum Gasteiger partial charge on any atom is -0.493 e. The Morgan fingerprint density at radius 1 is 0.972 bits per heavy atom. The van der Waals surface area contributed by atoms with Gasteiger partial charge in [0, 0.05) is 47.8 Å². The minimum absolute atomic E-state index is 0.0172. The molecule has 0 aromatic heterocycles. The van der Waals surface area contributed by atoms with Gasteiger partial charge in [0.05, 0.1) is 20.1 Å². The number of allylic oxidation sites excluding steroid dienone is 4. The number of hydrogen-bond donors (Lipinski definition) is 1. The molecule has 7 nitrogen and oxygen atoms in total. The molecular weight excluding hydrogens is 458 g/mol. The summed E-state index contributed by atoms with van der Waals surface area (Å²) in [4.78, 5) is 41.1. The molecule has 0 spiro atoms. The van der Waals surface area contributed by atoms with Crippen LogP contribution >= 0.6 is 0 Å². The number of ketones is 2. The maximum atomic E-state index is 13.8. The lowest BCUT2D eigenvalue weighted by atomic mass is 9.63. The van der Waals surface area contributed by atoms with Gasteiger partial charge in [-0.2, -0.15) is 0 Å². The third kappa shape index (κ3) is 4.80. The predicted molar refractivity (Wildman–Crippen MR) is 136 cm³/mol. The third-order valence-corrected chi connectivity index (χ3v) is 7.39. The zero-order valence-corrected chi connectivity index (χ0v) is 22.2. The molecule has 0 saturated carbocycles. The van der Waals surface area contributed by atoms with E-state index in [-0.39, 0.29) is 35.4 Å². The quantitative estimate of drug-likeness (QED) is 0.552. The SMILES string of the molecule is CCOc1ccc(C2C3=C(CC(C)(C)CC3=O)N(CCC(=O)O)C3=C2C(=O)CC(C)(C)C3)cc1OC. The number of methoxy groups -OCH3 is 1. The number of carboxylic acids is 1. The van der Waals surface area contributed by atoms with Crippen LogP contribution in [0.4, 0.5) is 0 Å². The zero-order valence-electron chi connectivity index (χ0n) is 22.2. The van der Waals surface area contributed by atoms with E-state index >= 15 is 0 Å². The van der Waals surface area contributed by atoms with Crippen molar-refractivity contribution in [3.05, 3.63) is 46.3 Å². The molecule has 0 atom stereocenters. The molecule has 0 fully saturated rings. The summed E-state index contributed by atoms with van der Waals surface area (Å²) in [7, 11) is 1.58. The average molecular weight is 496 g/mol. The van der Waals surface area contributed by atoms with Gasteiger partial charge in [-0.1, -0.05) is 33.8 Å². The van der Waals surface area contributed by atoms with E-state index in [0.717, 1.165) is 17.0 Å². The van der Waals surface area contributed by atoms with Gasteiger partial charge in [0.25, 0.3) is 0 Å². The van der Waals surface area contributed by atoms with Crippen molar-refractivity contribution in [3.63, 3.8) is 0 Å². The van der Waals surface area contributed by atoms with Gasteiger partial charge in [-0.05, 0) is 48.3 Å². The van der Waals surface area contributed by atoms with Crippen molar-refractivity contribution in [2.45, 2.75) is 72.6 Å². The zero-order chi connectivity index (χ0) is 26.4. The number of nitrogens with zero attached hydrogens (tertiary/aromatic N) is 1. The molecule has 1 N–H and O–H groups in total. The number of hydrogen-bond acceptors (Lipinski definition) is 6. The van der Waals surface area contributed by atoms with Crippen molar-refractivity contribution in [1.82, 2.24) is 4.90 Å². The average Bonchev–Trinajstić information content (AvgIpc) is 2.76.